The van der Waals surface area contributed by atoms with Gasteiger partial charge in [0.25, 0.3) is 0 Å². The van der Waals surface area contributed by atoms with Crippen molar-refractivity contribution in [3.05, 3.63) is 59.1 Å². The van der Waals surface area contributed by atoms with Crippen LogP contribution in [0.2, 0.25) is 5.02 Å². The molecule has 0 saturated carbocycles. The molecule has 2 aromatic carbocycles. The number of nitrogens with zero attached hydrogens (tertiary/aromatic N) is 2. The van der Waals surface area contributed by atoms with Gasteiger partial charge < -0.3 is 14.9 Å². The SMILES string of the molecule is OCc1ccccc1N1CCN(c2cccc(Cl)c2)CC1. The summed E-state index contributed by atoms with van der Waals surface area (Å²) >= 11 is 6.06. The van der Waals surface area contributed by atoms with Gasteiger partial charge in [-0.1, -0.05) is 35.9 Å². The number of piperazine rings is 1. The molecule has 0 aliphatic carbocycles. The zero-order valence-corrected chi connectivity index (χ0v) is 12.6. The van der Waals surface area contributed by atoms with E-state index >= 15 is 0 Å². The second kappa shape index (κ2) is 6.37. The Morgan fingerprint density at radius 3 is 2.33 bits per heavy atom. The number of hydrogen-bond acceptors (Lipinski definition) is 3. The van der Waals surface area contributed by atoms with E-state index in [1.807, 2.05) is 36.4 Å². The predicted molar refractivity (Wildman–Crippen MR) is 88.2 cm³/mol. The highest BCUT2D eigenvalue weighted by Crippen LogP contribution is 2.25. The molecule has 1 fully saturated rings. The van der Waals surface area contributed by atoms with Gasteiger partial charge in [0.1, 0.15) is 0 Å². The molecule has 0 spiro atoms. The second-order valence-corrected chi connectivity index (χ2v) is 5.68. The van der Waals surface area contributed by atoms with Crippen molar-refractivity contribution in [2.24, 2.45) is 0 Å². The van der Waals surface area contributed by atoms with Gasteiger partial charge in [-0.3, -0.25) is 0 Å². The van der Waals surface area contributed by atoms with E-state index < -0.39 is 0 Å². The molecule has 0 radical (unpaired) electrons. The van der Waals surface area contributed by atoms with Crippen LogP contribution in [0.5, 0.6) is 0 Å². The molecular formula is C17H19ClN2O. The molecule has 2 aromatic rings. The summed E-state index contributed by atoms with van der Waals surface area (Å²) in [5.41, 5.74) is 3.32. The Kier molecular flexibility index (Phi) is 4.32. The number of aliphatic hydroxyl groups excluding tert-OH is 1. The Morgan fingerprint density at radius 2 is 1.62 bits per heavy atom. The molecule has 1 saturated heterocycles. The summed E-state index contributed by atoms with van der Waals surface area (Å²) in [7, 11) is 0. The minimum Gasteiger partial charge on any atom is -0.392 e. The minimum absolute atomic E-state index is 0.0880. The first kappa shape index (κ1) is 14.2. The second-order valence-electron chi connectivity index (χ2n) is 5.24. The summed E-state index contributed by atoms with van der Waals surface area (Å²) in [4.78, 5) is 4.69. The number of aliphatic hydroxyl groups is 1. The molecule has 0 aromatic heterocycles. The minimum atomic E-state index is 0.0880. The number of hydrogen-bond donors (Lipinski definition) is 1. The van der Waals surface area contributed by atoms with Gasteiger partial charge in [0.15, 0.2) is 0 Å². The van der Waals surface area contributed by atoms with Crippen molar-refractivity contribution < 1.29 is 5.11 Å². The van der Waals surface area contributed by atoms with Crippen molar-refractivity contribution in [3.63, 3.8) is 0 Å². The molecule has 1 N–H and O–H groups in total. The molecule has 3 nitrogen and oxygen atoms in total. The van der Waals surface area contributed by atoms with Crippen molar-refractivity contribution in [3.8, 4) is 0 Å². The van der Waals surface area contributed by atoms with Crippen LogP contribution in [0.1, 0.15) is 5.56 Å². The van der Waals surface area contributed by atoms with Gasteiger partial charge in [-0.15, -0.1) is 0 Å². The standard InChI is InChI=1S/C17H19ClN2O/c18-15-5-3-6-16(12-15)19-8-10-20(11-9-19)17-7-2-1-4-14(17)13-21/h1-7,12,21H,8-11,13H2. The van der Waals surface area contributed by atoms with Crippen LogP contribution in [-0.4, -0.2) is 31.3 Å². The van der Waals surface area contributed by atoms with Gasteiger partial charge in [0, 0.05) is 48.1 Å². The molecule has 1 aliphatic heterocycles. The highest BCUT2D eigenvalue weighted by atomic mass is 35.5. The molecule has 3 rings (SSSR count). The highest BCUT2D eigenvalue weighted by Gasteiger charge is 2.19. The molecular weight excluding hydrogens is 284 g/mol. The van der Waals surface area contributed by atoms with Gasteiger partial charge >= 0.3 is 0 Å². The predicted octanol–water partition coefficient (Wildman–Crippen LogP) is 3.16. The largest absolute Gasteiger partial charge is 0.392 e. The summed E-state index contributed by atoms with van der Waals surface area (Å²) in [6, 6.07) is 16.1. The topological polar surface area (TPSA) is 26.7 Å². The van der Waals surface area contributed by atoms with E-state index in [1.165, 1.54) is 5.69 Å². The molecule has 1 heterocycles. The van der Waals surface area contributed by atoms with Gasteiger partial charge in [-0.2, -0.15) is 0 Å². The van der Waals surface area contributed by atoms with Crippen LogP contribution in [0, 0.1) is 0 Å². The van der Waals surface area contributed by atoms with Crippen LogP contribution in [0.4, 0.5) is 11.4 Å². The fourth-order valence-corrected chi connectivity index (χ4v) is 3.02. The normalized spacial score (nSPS) is 15.3. The quantitative estimate of drug-likeness (QED) is 0.943. The van der Waals surface area contributed by atoms with E-state index in [1.54, 1.807) is 0 Å². The Bertz CT molecular complexity index is 609. The van der Waals surface area contributed by atoms with E-state index in [0.717, 1.165) is 42.5 Å². The first-order chi connectivity index (χ1) is 10.3. The first-order valence-electron chi connectivity index (χ1n) is 7.22. The van der Waals surface area contributed by atoms with E-state index in [4.69, 9.17) is 11.6 Å². The molecule has 0 atom stereocenters. The number of para-hydroxylation sites is 1. The summed E-state index contributed by atoms with van der Waals surface area (Å²) < 4.78 is 0. The van der Waals surface area contributed by atoms with E-state index in [9.17, 15) is 5.11 Å². The smallest absolute Gasteiger partial charge is 0.0702 e. The molecule has 110 valence electrons. The lowest BCUT2D eigenvalue weighted by Gasteiger charge is -2.38. The molecule has 21 heavy (non-hydrogen) atoms. The van der Waals surface area contributed by atoms with Crippen LogP contribution in [0.25, 0.3) is 0 Å². The molecule has 0 unspecified atom stereocenters. The first-order valence-corrected chi connectivity index (χ1v) is 7.60. The van der Waals surface area contributed by atoms with Gasteiger partial charge in [-0.05, 0) is 24.3 Å². The van der Waals surface area contributed by atoms with Gasteiger partial charge in [-0.25, -0.2) is 0 Å². The third-order valence-electron chi connectivity index (χ3n) is 3.96. The van der Waals surface area contributed by atoms with Crippen LogP contribution in [-0.2, 0) is 6.61 Å². The zero-order chi connectivity index (χ0) is 14.7. The molecule has 0 bridgehead atoms. The fourth-order valence-electron chi connectivity index (χ4n) is 2.83. The maximum Gasteiger partial charge on any atom is 0.0702 e. The van der Waals surface area contributed by atoms with Crippen LogP contribution in [0.3, 0.4) is 0 Å². The third kappa shape index (κ3) is 3.14. The highest BCUT2D eigenvalue weighted by molar-refractivity contribution is 6.30. The maximum absolute atomic E-state index is 9.46. The zero-order valence-electron chi connectivity index (χ0n) is 11.9. The van der Waals surface area contributed by atoms with E-state index in [2.05, 4.69) is 21.9 Å². The fraction of sp³-hybridized carbons (Fsp3) is 0.294. The lowest BCUT2D eigenvalue weighted by Crippen LogP contribution is -2.46. The number of rotatable bonds is 3. The van der Waals surface area contributed by atoms with Crippen LogP contribution in [0.15, 0.2) is 48.5 Å². The molecule has 1 aliphatic rings. The van der Waals surface area contributed by atoms with E-state index in [-0.39, 0.29) is 6.61 Å². The average Bonchev–Trinajstić information content (AvgIpc) is 2.55. The summed E-state index contributed by atoms with van der Waals surface area (Å²) in [5, 5.41) is 10.2. The number of benzene rings is 2. The van der Waals surface area contributed by atoms with Gasteiger partial charge in [0.05, 0.1) is 6.61 Å². The average molecular weight is 303 g/mol. The van der Waals surface area contributed by atoms with Crippen LogP contribution < -0.4 is 9.80 Å². The lowest BCUT2D eigenvalue weighted by atomic mass is 10.1. The number of halogens is 1. The monoisotopic (exact) mass is 302 g/mol. The Hall–Kier alpha value is -1.71. The Balaban J connectivity index is 1.70. The number of anilines is 2. The van der Waals surface area contributed by atoms with Crippen molar-refractivity contribution in [1.82, 2.24) is 0 Å². The summed E-state index contributed by atoms with van der Waals surface area (Å²) in [5.74, 6) is 0. The third-order valence-corrected chi connectivity index (χ3v) is 4.19. The Labute approximate surface area is 130 Å². The van der Waals surface area contributed by atoms with Crippen molar-refractivity contribution in [2.75, 3.05) is 36.0 Å². The summed E-state index contributed by atoms with van der Waals surface area (Å²) in [6.45, 7) is 3.90. The van der Waals surface area contributed by atoms with Gasteiger partial charge in [0.2, 0.25) is 0 Å². The van der Waals surface area contributed by atoms with Crippen molar-refractivity contribution in [1.29, 1.82) is 0 Å². The maximum atomic E-state index is 9.46. The molecule has 0 amide bonds. The van der Waals surface area contributed by atoms with Crippen molar-refractivity contribution in [2.45, 2.75) is 6.61 Å². The Morgan fingerprint density at radius 1 is 0.905 bits per heavy atom. The molecule has 4 heteroatoms. The van der Waals surface area contributed by atoms with E-state index in [0.29, 0.717) is 0 Å². The lowest BCUT2D eigenvalue weighted by molar-refractivity contribution is 0.282. The van der Waals surface area contributed by atoms with Crippen LogP contribution >= 0.6 is 11.6 Å². The summed E-state index contributed by atoms with van der Waals surface area (Å²) in [6.07, 6.45) is 0. The van der Waals surface area contributed by atoms with Crippen molar-refractivity contribution >= 4 is 23.0 Å².